The Morgan fingerprint density at radius 1 is 1.38 bits per heavy atom. The molecule has 0 fully saturated rings. The highest BCUT2D eigenvalue weighted by atomic mass is 32.2. The SMILES string of the molecule is CC1=C(C)C(=O)C(S(=O)(=O)O)C=C1. The van der Waals surface area contributed by atoms with E-state index >= 15 is 0 Å². The Morgan fingerprint density at radius 2 is 1.92 bits per heavy atom. The summed E-state index contributed by atoms with van der Waals surface area (Å²) in [6.45, 7) is 3.25. The van der Waals surface area contributed by atoms with Gasteiger partial charge >= 0.3 is 0 Å². The van der Waals surface area contributed by atoms with Gasteiger partial charge in [-0.1, -0.05) is 12.2 Å². The van der Waals surface area contributed by atoms with E-state index in [1.807, 2.05) is 0 Å². The third-order valence-corrected chi connectivity index (χ3v) is 3.07. The summed E-state index contributed by atoms with van der Waals surface area (Å²) in [6, 6.07) is 0. The molecule has 1 atom stereocenters. The molecule has 0 aliphatic heterocycles. The van der Waals surface area contributed by atoms with Gasteiger partial charge in [-0.3, -0.25) is 9.35 Å². The van der Waals surface area contributed by atoms with Gasteiger partial charge in [0.25, 0.3) is 10.1 Å². The maximum Gasteiger partial charge on any atom is 0.279 e. The Kier molecular flexibility index (Phi) is 2.40. The fraction of sp³-hybridized carbons (Fsp3) is 0.375. The predicted molar refractivity (Wildman–Crippen MR) is 47.9 cm³/mol. The van der Waals surface area contributed by atoms with E-state index in [1.165, 1.54) is 12.2 Å². The van der Waals surface area contributed by atoms with E-state index in [-0.39, 0.29) is 0 Å². The summed E-state index contributed by atoms with van der Waals surface area (Å²) < 4.78 is 30.1. The highest BCUT2D eigenvalue weighted by molar-refractivity contribution is 7.87. The Balaban J connectivity index is 3.16. The van der Waals surface area contributed by atoms with E-state index in [2.05, 4.69) is 0 Å². The van der Waals surface area contributed by atoms with Crippen LogP contribution in [0.25, 0.3) is 0 Å². The normalized spacial score (nSPS) is 23.9. The minimum absolute atomic E-state index is 0.380. The Hall–Kier alpha value is -0.940. The third-order valence-electron chi connectivity index (χ3n) is 2.06. The van der Waals surface area contributed by atoms with Crippen molar-refractivity contribution < 1.29 is 17.8 Å². The summed E-state index contributed by atoms with van der Waals surface area (Å²) in [4.78, 5) is 11.3. The van der Waals surface area contributed by atoms with Crippen LogP contribution in [0.15, 0.2) is 23.3 Å². The topological polar surface area (TPSA) is 71.4 Å². The second-order valence-electron chi connectivity index (χ2n) is 2.97. The molecule has 1 N–H and O–H groups in total. The largest absolute Gasteiger partial charge is 0.293 e. The minimum Gasteiger partial charge on any atom is -0.293 e. The number of hydrogen-bond acceptors (Lipinski definition) is 3. The average molecular weight is 202 g/mol. The first-order valence-corrected chi connectivity index (χ1v) is 5.20. The van der Waals surface area contributed by atoms with Gasteiger partial charge in [0.05, 0.1) is 0 Å². The molecular weight excluding hydrogens is 192 g/mol. The standard InChI is InChI=1S/C8H10O4S/c1-5-3-4-7(13(10,11)12)8(9)6(5)2/h3-4,7H,1-2H3,(H,10,11,12). The molecule has 0 saturated carbocycles. The molecule has 0 aromatic rings. The van der Waals surface area contributed by atoms with Gasteiger partial charge in [-0.2, -0.15) is 8.42 Å². The molecule has 0 bridgehead atoms. The maximum absolute atomic E-state index is 11.3. The van der Waals surface area contributed by atoms with Gasteiger partial charge in [-0.15, -0.1) is 0 Å². The fourth-order valence-corrected chi connectivity index (χ4v) is 1.81. The molecule has 0 saturated heterocycles. The van der Waals surface area contributed by atoms with Crippen molar-refractivity contribution in [2.45, 2.75) is 19.1 Å². The molecule has 5 heteroatoms. The predicted octanol–water partition coefficient (Wildman–Crippen LogP) is 0.718. The van der Waals surface area contributed by atoms with Crippen molar-refractivity contribution in [3.63, 3.8) is 0 Å². The zero-order valence-electron chi connectivity index (χ0n) is 7.31. The Morgan fingerprint density at radius 3 is 2.38 bits per heavy atom. The fourth-order valence-electron chi connectivity index (χ4n) is 1.09. The zero-order valence-corrected chi connectivity index (χ0v) is 8.13. The molecule has 1 aliphatic carbocycles. The van der Waals surface area contributed by atoms with Crippen molar-refractivity contribution in [2.75, 3.05) is 0 Å². The molecule has 0 heterocycles. The summed E-state index contributed by atoms with van der Waals surface area (Å²) in [5.74, 6) is -0.553. The van der Waals surface area contributed by atoms with Crippen LogP contribution in [0.4, 0.5) is 0 Å². The van der Waals surface area contributed by atoms with Crippen molar-refractivity contribution in [1.29, 1.82) is 0 Å². The number of Topliss-reactive ketones (excluding diaryl/α,β-unsaturated/α-hetero) is 1. The smallest absolute Gasteiger partial charge is 0.279 e. The van der Waals surface area contributed by atoms with Crippen LogP contribution in [0.1, 0.15) is 13.8 Å². The van der Waals surface area contributed by atoms with E-state index in [0.29, 0.717) is 5.57 Å². The first kappa shape index (κ1) is 10.1. The molecule has 1 unspecified atom stereocenters. The van der Waals surface area contributed by atoms with E-state index < -0.39 is 21.2 Å². The molecule has 0 amide bonds. The van der Waals surface area contributed by atoms with Gasteiger partial charge in [-0.05, 0) is 25.0 Å². The van der Waals surface area contributed by atoms with Crippen LogP contribution >= 0.6 is 0 Å². The van der Waals surface area contributed by atoms with E-state index in [4.69, 9.17) is 4.55 Å². The summed E-state index contributed by atoms with van der Waals surface area (Å²) in [5, 5.41) is -1.42. The van der Waals surface area contributed by atoms with Crippen molar-refractivity contribution >= 4 is 15.9 Å². The quantitative estimate of drug-likeness (QED) is 0.636. The van der Waals surface area contributed by atoms with Crippen LogP contribution in [-0.2, 0) is 14.9 Å². The number of carbonyl (C=O) groups excluding carboxylic acids is 1. The molecule has 0 aromatic heterocycles. The van der Waals surface area contributed by atoms with Crippen molar-refractivity contribution in [3.05, 3.63) is 23.3 Å². The van der Waals surface area contributed by atoms with Crippen LogP contribution in [0.2, 0.25) is 0 Å². The van der Waals surface area contributed by atoms with E-state index in [1.54, 1.807) is 13.8 Å². The minimum atomic E-state index is -4.30. The molecule has 13 heavy (non-hydrogen) atoms. The first-order valence-electron chi connectivity index (χ1n) is 3.70. The molecule has 0 spiro atoms. The summed E-state index contributed by atoms with van der Waals surface area (Å²) >= 11 is 0. The lowest BCUT2D eigenvalue weighted by molar-refractivity contribution is -0.114. The number of ketones is 1. The number of hydrogen-bond donors (Lipinski definition) is 1. The van der Waals surface area contributed by atoms with Gasteiger partial charge in [0.15, 0.2) is 11.0 Å². The van der Waals surface area contributed by atoms with Crippen molar-refractivity contribution in [1.82, 2.24) is 0 Å². The molecule has 4 nitrogen and oxygen atoms in total. The second kappa shape index (κ2) is 3.08. The monoisotopic (exact) mass is 202 g/mol. The summed E-state index contributed by atoms with van der Waals surface area (Å²) in [5.41, 5.74) is 1.11. The molecule has 0 radical (unpaired) electrons. The van der Waals surface area contributed by atoms with Crippen LogP contribution in [0.5, 0.6) is 0 Å². The van der Waals surface area contributed by atoms with Gasteiger partial charge in [-0.25, -0.2) is 0 Å². The Bertz CT molecular complexity index is 400. The molecule has 1 aliphatic rings. The van der Waals surface area contributed by atoms with Gasteiger partial charge < -0.3 is 0 Å². The lowest BCUT2D eigenvalue weighted by atomic mass is 9.99. The highest BCUT2D eigenvalue weighted by Gasteiger charge is 2.31. The second-order valence-corrected chi connectivity index (χ2v) is 4.50. The number of rotatable bonds is 1. The molecule has 72 valence electrons. The van der Waals surface area contributed by atoms with E-state index in [0.717, 1.165) is 5.57 Å². The lowest BCUT2D eigenvalue weighted by Gasteiger charge is -2.14. The van der Waals surface area contributed by atoms with Gasteiger partial charge in [0.2, 0.25) is 0 Å². The number of allylic oxidation sites excluding steroid dienone is 3. The van der Waals surface area contributed by atoms with Crippen LogP contribution < -0.4 is 0 Å². The van der Waals surface area contributed by atoms with E-state index in [9.17, 15) is 13.2 Å². The van der Waals surface area contributed by atoms with Crippen molar-refractivity contribution in [2.24, 2.45) is 0 Å². The highest BCUT2D eigenvalue weighted by Crippen LogP contribution is 2.19. The molecular formula is C8H10O4S. The van der Waals surface area contributed by atoms with Crippen molar-refractivity contribution in [3.8, 4) is 0 Å². The van der Waals surface area contributed by atoms with Crippen LogP contribution in [0, 0.1) is 0 Å². The third kappa shape index (κ3) is 1.87. The van der Waals surface area contributed by atoms with Gasteiger partial charge in [0, 0.05) is 0 Å². The lowest BCUT2D eigenvalue weighted by Crippen LogP contribution is -2.30. The Labute approximate surface area is 76.7 Å². The van der Waals surface area contributed by atoms with Gasteiger partial charge in [0.1, 0.15) is 0 Å². The average Bonchev–Trinajstić information content (AvgIpc) is 1.98. The molecule has 0 aromatic carbocycles. The summed E-state index contributed by atoms with van der Waals surface area (Å²) in [7, 11) is -4.30. The molecule has 1 rings (SSSR count). The first-order chi connectivity index (χ1) is 5.84. The number of carbonyl (C=O) groups is 1. The van der Waals surface area contributed by atoms with Crippen LogP contribution in [0.3, 0.4) is 0 Å². The van der Waals surface area contributed by atoms with Crippen LogP contribution in [-0.4, -0.2) is 24.0 Å². The zero-order chi connectivity index (χ0) is 10.2. The summed E-state index contributed by atoms with van der Waals surface area (Å²) in [6.07, 6.45) is 2.72. The maximum atomic E-state index is 11.3.